The highest BCUT2D eigenvalue weighted by Crippen LogP contribution is 2.34. The zero-order chi connectivity index (χ0) is 24.4. The van der Waals surface area contributed by atoms with E-state index in [1.54, 1.807) is 24.3 Å². The number of carbonyl (C=O) groups excluding carboxylic acids is 1. The van der Waals surface area contributed by atoms with Crippen molar-refractivity contribution in [2.75, 3.05) is 16.5 Å². The van der Waals surface area contributed by atoms with Crippen molar-refractivity contribution in [1.29, 1.82) is 0 Å². The molecule has 3 heterocycles. The molecule has 1 amide bonds. The first-order valence-corrected chi connectivity index (χ1v) is 11.4. The molecule has 5 rings (SSSR count). The summed E-state index contributed by atoms with van der Waals surface area (Å²) >= 11 is 0. The third-order valence-electron chi connectivity index (χ3n) is 6.07. The molecule has 0 aliphatic carbocycles. The van der Waals surface area contributed by atoms with E-state index >= 15 is 0 Å². The zero-order valence-corrected chi connectivity index (χ0v) is 19.3. The van der Waals surface area contributed by atoms with Crippen molar-refractivity contribution in [1.82, 2.24) is 4.98 Å². The summed E-state index contributed by atoms with van der Waals surface area (Å²) in [6.07, 6.45) is 8.64. The number of hydrazone groups is 1. The number of nitrogens with zero attached hydrogens (tertiary/aromatic N) is 4. The monoisotopic (exact) mass is 464 g/mol. The largest absolute Gasteiger partial charge is 0.476 e. The van der Waals surface area contributed by atoms with Crippen molar-refractivity contribution in [2.24, 2.45) is 5.10 Å². The van der Waals surface area contributed by atoms with Gasteiger partial charge in [-0.25, -0.2) is 9.78 Å². The minimum atomic E-state index is -1.26. The lowest BCUT2D eigenvalue weighted by Gasteiger charge is -2.31. The van der Waals surface area contributed by atoms with E-state index in [2.05, 4.69) is 58.3 Å². The molecule has 1 aromatic heterocycles. The number of amides is 1. The van der Waals surface area contributed by atoms with Crippen molar-refractivity contribution >= 4 is 40.9 Å². The molecule has 0 radical (unpaired) electrons. The molecule has 3 aromatic rings. The lowest BCUT2D eigenvalue weighted by molar-refractivity contribution is -0.129. The van der Waals surface area contributed by atoms with Gasteiger partial charge in [0.05, 0.1) is 5.57 Å². The molecule has 0 saturated heterocycles. The summed E-state index contributed by atoms with van der Waals surface area (Å²) in [4.78, 5) is 31.0. The number of aliphatic carboxylic acids is 1. The van der Waals surface area contributed by atoms with Crippen LogP contribution in [-0.2, 0) is 16.0 Å². The summed E-state index contributed by atoms with van der Waals surface area (Å²) in [5, 5.41) is 14.5. The van der Waals surface area contributed by atoms with Gasteiger partial charge in [-0.05, 0) is 73.4 Å². The van der Waals surface area contributed by atoms with E-state index in [1.807, 2.05) is 12.1 Å². The van der Waals surface area contributed by atoms with Gasteiger partial charge in [-0.1, -0.05) is 42.0 Å². The predicted molar refractivity (Wildman–Crippen MR) is 137 cm³/mol. The Kier molecular flexibility index (Phi) is 5.97. The summed E-state index contributed by atoms with van der Waals surface area (Å²) in [5.74, 6) is -1.51. The summed E-state index contributed by atoms with van der Waals surface area (Å²) in [7, 11) is 0. The van der Waals surface area contributed by atoms with Gasteiger partial charge in [0.2, 0.25) is 0 Å². The second-order valence-corrected chi connectivity index (χ2v) is 8.48. The summed E-state index contributed by atoms with van der Waals surface area (Å²) in [6.45, 7) is 3.06. The maximum atomic E-state index is 12.8. The van der Waals surface area contributed by atoms with Crippen LogP contribution in [0.4, 0.5) is 17.2 Å². The first-order valence-electron chi connectivity index (χ1n) is 11.4. The maximum absolute atomic E-state index is 12.8. The van der Waals surface area contributed by atoms with E-state index in [-0.39, 0.29) is 17.1 Å². The van der Waals surface area contributed by atoms with Crippen molar-refractivity contribution in [3.8, 4) is 0 Å². The second kappa shape index (κ2) is 9.38. The Hall–Kier alpha value is -4.52. The molecule has 2 aliphatic heterocycles. The highest BCUT2D eigenvalue weighted by molar-refractivity contribution is 6.52. The Morgan fingerprint density at radius 1 is 1.09 bits per heavy atom. The molecule has 174 valence electrons. The number of carboxylic acids is 1. The van der Waals surface area contributed by atoms with Gasteiger partial charge in [-0.15, -0.1) is 0 Å². The van der Waals surface area contributed by atoms with Crippen LogP contribution in [0.25, 0.3) is 6.08 Å². The van der Waals surface area contributed by atoms with Crippen LogP contribution in [0.2, 0.25) is 0 Å². The molecule has 35 heavy (non-hydrogen) atoms. The third-order valence-corrected chi connectivity index (χ3v) is 6.07. The van der Waals surface area contributed by atoms with Gasteiger partial charge in [-0.3, -0.25) is 4.79 Å². The number of aromatic nitrogens is 1. The number of pyridine rings is 1. The molecule has 2 aliphatic rings. The number of rotatable bonds is 5. The molecular formula is C28H24N4O3. The minimum absolute atomic E-state index is 0.0166. The van der Waals surface area contributed by atoms with Gasteiger partial charge < -0.3 is 10.0 Å². The normalized spacial score (nSPS) is 16.7. The molecule has 0 saturated carbocycles. The van der Waals surface area contributed by atoms with Crippen LogP contribution in [0, 0.1) is 6.92 Å². The van der Waals surface area contributed by atoms with Crippen LogP contribution in [0.15, 0.2) is 89.7 Å². The minimum Gasteiger partial charge on any atom is -0.476 e. The molecular weight excluding hydrogens is 440 g/mol. The van der Waals surface area contributed by atoms with Gasteiger partial charge in [0.1, 0.15) is 0 Å². The average molecular weight is 465 g/mol. The first-order chi connectivity index (χ1) is 17.0. The standard InChI is InChI=1S/C28H24N4O3/c1-19-10-13-22(14-11-19)31-17-5-7-21-18-20(12-15-24(21)31)6-4-8-23-26(28(34)35)30-32(27(23)33)25-9-2-3-16-29-25/h2-4,6,8-16,18H,5,7,17H2,1H3,(H,34,35)/b6-4+,23-8-. The van der Waals surface area contributed by atoms with Crippen molar-refractivity contribution in [2.45, 2.75) is 19.8 Å². The van der Waals surface area contributed by atoms with E-state index in [0.717, 1.165) is 30.0 Å². The van der Waals surface area contributed by atoms with Crippen molar-refractivity contribution < 1.29 is 14.7 Å². The van der Waals surface area contributed by atoms with Crippen LogP contribution in [0.3, 0.4) is 0 Å². The molecule has 0 fully saturated rings. The molecule has 0 unspecified atom stereocenters. The number of hydrogen-bond donors (Lipinski definition) is 1. The predicted octanol–water partition coefficient (Wildman–Crippen LogP) is 4.90. The van der Waals surface area contributed by atoms with E-state index < -0.39 is 11.9 Å². The number of carbonyl (C=O) groups is 2. The summed E-state index contributed by atoms with van der Waals surface area (Å²) in [5.41, 5.74) is 5.58. The molecule has 1 N–H and O–H groups in total. The first kappa shape index (κ1) is 22.3. The van der Waals surface area contributed by atoms with E-state index in [1.165, 1.54) is 34.8 Å². The third kappa shape index (κ3) is 4.48. The molecule has 0 spiro atoms. The van der Waals surface area contributed by atoms with Gasteiger partial charge >= 0.3 is 5.97 Å². The lowest BCUT2D eigenvalue weighted by atomic mass is 9.98. The summed E-state index contributed by atoms with van der Waals surface area (Å²) in [6, 6.07) is 19.9. The van der Waals surface area contributed by atoms with Crippen molar-refractivity contribution in [3.63, 3.8) is 0 Å². The Bertz CT molecular complexity index is 1380. The fraction of sp³-hybridized carbons (Fsp3) is 0.143. The molecule has 2 aromatic carbocycles. The fourth-order valence-corrected chi connectivity index (χ4v) is 4.33. The van der Waals surface area contributed by atoms with Gasteiger partial charge in [0.15, 0.2) is 11.5 Å². The fourth-order valence-electron chi connectivity index (χ4n) is 4.33. The Morgan fingerprint density at radius 3 is 2.66 bits per heavy atom. The molecule has 0 bridgehead atoms. The van der Waals surface area contributed by atoms with Crippen LogP contribution >= 0.6 is 0 Å². The Balaban J connectivity index is 1.39. The molecule has 7 nitrogen and oxygen atoms in total. The number of allylic oxidation sites excluding steroid dienone is 2. The lowest BCUT2D eigenvalue weighted by Crippen LogP contribution is -2.24. The topological polar surface area (TPSA) is 86.1 Å². The van der Waals surface area contributed by atoms with Gasteiger partial charge in [-0.2, -0.15) is 10.1 Å². The number of fused-ring (bicyclic) bond motifs is 1. The SMILES string of the molecule is Cc1ccc(N2CCCc3cc(/C=C/C=C4\C(=O)N(c5ccccn5)N=C4C(=O)O)ccc32)cc1. The van der Waals surface area contributed by atoms with E-state index in [0.29, 0.717) is 0 Å². The number of anilines is 3. The maximum Gasteiger partial charge on any atom is 0.357 e. The number of hydrogen-bond acceptors (Lipinski definition) is 5. The van der Waals surface area contributed by atoms with Gasteiger partial charge in [0.25, 0.3) is 5.91 Å². The van der Waals surface area contributed by atoms with E-state index in [4.69, 9.17) is 0 Å². The zero-order valence-electron chi connectivity index (χ0n) is 19.3. The van der Waals surface area contributed by atoms with Crippen LogP contribution in [0.1, 0.15) is 23.1 Å². The quantitative estimate of drug-likeness (QED) is 0.543. The molecule has 0 atom stereocenters. The van der Waals surface area contributed by atoms with Crippen LogP contribution < -0.4 is 9.91 Å². The highest BCUT2D eigenvalue weighted by Gasteiger charge is 2.35. The highest BCUT2D eigenvalue weighted by atomic mass is 16.4. The smallest absolute Gasteiger partial charge is 0.357 e. The van der Waals surface area contributed by atoms with E-state index in [9.17, 15) is 14.7 Å². The molecule has 7 heteroatoms. The Labute approximate surface area is 203 Å². The second-order valence-electron chi connectivity index (χ2n) is 8.48. The Morgan fingerprint density at radius 2 is 1.91 bits per heavy atom. The average Bonchev–Trinajstić information content (AvgIpc) is 3.21. The van der Waals surface area contributed by atoms with Crippen molar-refractivity contribution in [3.05, 3.63) is 101 Å². The van der Waals surface area contributed by atoms with Crippen LogP contribution in [0.5, 0.6) is 0 Å². The number of benzene rings is 2. The number of carboxylic acid groups (broad SMARTS) is 1. The van der Waals surface area contributed by atoms with Gasteiger partial charge in [0, 0.05) is 24.1 Å². The van der Waals surface area contributed by atoms with Crippen LogP contribution in [-0.4, -0.2) is 34.2 Å². The number of aryl methyl sites for hydroxylation is 2. The summed E-state index contributed by atoms with van der Waals surface area (Å²) < 4.78 is 0.